The van der Waals surface area contributed by atoms with Crippen LogP contribution in [0.4, 0.5) is 26.3 Å². The fourth-order valence-corrected chi connectivity index (χ4v) is 2.66. The van der Waals surface area contributed by atoms with Gasteiger partial charge in [0, 0.05) is 5.56 Å². The minimum Gasteiger partial charge on any atom is -0.322 e. The van der Waals surface area contributed by atoms with Gasteiger partial charge in [0.25, 0.3) is 11.8 Å². The summed E-state index contributed by atoms with van der Waals surface area (Å²) >= 11 is 0. The van der Waals surface area contributed by atoms with Crippen molar-refractivity contribution in [2.45, 2.75) is 24.8 Å². The predicted molar refractivity (Wildman–Crippen MR) is 75.2 cm³/mol. The lowest BCUT2D eigenvalue weighted by Crippen LogP contribution is -2.82. The van der Waals surface area contributed by atoms with Crippen LogP contribution in [-0.4, -0.2) is 35.4 Å². The number of alkyl halides is 6. The van der Waals surface area contributed by atoms with Crippen LogP contribution in [0.25, 0.3) is 0 Å². The monoisotopic (exact) mass is 383 g/mol. The highest BCUT2D eigenvalue weighted by Gasteiger charge is 2.45. The largest absolute Gasteiger partial charge is 0.416 e. The lowest BCUT2D eigenvalue weighted by molar-refractivity contribution is -0.380. The van der Waals surface area contributed by atoms with E-state index in [4.69, 9.17) is 11.5 Å². The summed E-state index contributed by atoms with van der Waals surface area (Å²) in [6, 6.07) is 0.416. The van der Waals surface area contributed by atoms with Crippen LogP contribution in [0.5, 0.6) is 0 Å². The molecular weight excluding hydrogens is 370 g/mol. The maximum Gasteiger partial charge on any atom is 0.416 e. The first-order valence-corrected chi connectivity index (χ1v) is 7.06. The molecule has 0 fully saturated rings. The smallest absolute Gasteiger partial charge is 0.322 e. The van der Waals surface area contributed by atoms with Crippen molar-refractivity contribution in [1.82, 2.24) is 4.90 Å². The summed E-state index contributed by atoms with van der Waals surface area (Å²) in [4.78, 5) is 26.2. The van der Waals surface area contributed by atoms with Crippen molar-refractivity contribution in [2.75, 3.05) is 6.54 Å². The van der Waals surface area contributed by atoms with Crippen LogP contribution < -0.4 is 16.5 Å². The quantitative estimate of drug-likeness (QED) is 0.389. The Balaban J connectivity index is 2.49. The van der Waals surface area contributed by atoms with Gasteiger partial charge in [-0.1, -0.05) is 0 Å². The molecule has 1 unspecified atom stereocenters. The Morgan fingerprint density at radius 2 is 1.77 bits per heavy atom. The summed E-state index contributed by atoms with van der Waals surface area (Å²) in [6.07, 6.45) is -10.3. The summed E-state index contributed by atoms with van der Waals surface area (Å²) in [5.41, 5.74) is 8.33. The van der Waals surface area contributed by atoms with Gasteiger partial charge in [-0.3, -0.25) is 21.1 Å². The molecule has 26 heavy (non-hydrogen) atoms. The Morgan fingerprint density at radius 3 is 2.27 bits per heavy atom. The number of hydrogen-bond donors (Lipinski definition) is 3. The molecular formula is C14H13F6N4O2+. The first-order valence-electron chi connectivity index (χ1n) is 7.06. The van der Waals surface area contributed by atoms with E-state index in [2.05, 4.69) is 0 Å². The van der Waals surface area contributed by atoms with Crippen molar-refractivity contribution in [1.29, 1.82) is 0 Å². The van der Waals surface area contributed by atoms with Crippen molar-refractivity contribution < 1.29 is 40.9 Å². The van der Waals surface area contributed by atoms with E-state index in [1.807, 2.05) is 4.99 Å². The molecule has 12 heteroatoms. The fraction of sp³-hybridized carbons (Fsp3) is 0.357. The van der Waals surface area contributed by atoms with Crippen molar-refractivity contribution in [3.63, 3.8) is 0 Å². The molecule has 0 radical (unpaired) electrons. The zero-order valence-electron chi connectivity index (χ0n) is 12.9. The average Bonchev–Trinajstić information content (AvgIpc) is 2.69. The molecule has 2 rings (SSSR count). The summed E-state index contributed by atoms with van der Waals surface area (Å²) in [5.74, 6) is -2.60. The van der Waals surface area contributed by atoms with Gasteiger partial charge in [0.2, 0.25) is 0 Å². The number of amides is 2. The van der Waals surface area contributed by atoms with Gasteiger partial charge in [-0.25, -0.2) is 4.99 Å². The molecule has 1 atom stereocenters. The molecule has 0 bridgehead atoms. The molecule has 2 amide bonds. The molecule has 1 aliphatic heterocycles. The normalized spacial score (nSPS) is 17.2. The van der Waals surface area contributed by atoms with Crippen LogP contribution in [0.15, 0.2) is 18.2 Å². The molecule has 142 valence electrons. The standard InChI is InChI=1S/C14H12F6N4O2/c15-13(16,17)5-24-9(4-10(25)23-12(21)22)8-3-6(14(18,19)20)1-2-7(8)11(24)26/h1-3,9H,4-5H2,(H4,21,22,23,25)/p+1. The zero-order valence-corrected chi connectivity index (χ0v) is 12.9. The number of benzene rings is 1. The zero-order chi connectivity index (χ0) is 19.9. The summed E-state index contributed by atoms with van der Waals surface area (Å²) < 4.78 is 77.0. The van der Waals surface area contributed by atoms with E-state index >= 15 is 0 Å². The van der Waals surface area contributed by atoms with E-state index in [0.29, 0.717) is 17.0 Å². The number of guanidine groups is 1. The van der Waals surface area contributed by atoms with E-state index in [1.165, 1.54) is 0 Å². The van der Waals surface area contributed by atoms with Gasteiger partial charge in [0.15, 0.2) is 0 Å². The number of rotatable bonds is 3. The first-order chi connectivity index (χ1) is 11.8. The Hall–Kier alpha value is -2.79. The highest BCUT2D eigenvalue weighted by molar-refractivity contribution is 5.99. The highest BCUT2D eigenvalue weighted by Crippen LogP contribution is 2.40. The molecule has 0 spiro atoms. The van der Waals surface area contributed by atoms with Gasteiger partial charge in [-0.2, -0.15) is 26.3 Å². The summed E-state index contributed by atoms with van der Waals surface area (Å²) in [7, 11) is 0. The van der Waals surface area contributed by atoms with Crippen molar-refractivity contribution in [3.05, 3.63) is 34.9 Å². The van der Waals surface area contributed by atoms with Crippen molar-refractivity contribution in [2.24, 2.45) is 11.5 Å². The lowest BCUT2D eigenvalue weighted by Gasteiger charge is -2.25. The number of nitrogens with zero attached hydrogens (tertiary/aromatic N) is 1. The molecule has 1 aromatic carbocycles. The number of carbonyl (C=O) groups excluding carboxylic acids is 2. The predicted octanol–water partition coefficient (Wildman–Crippen LogP) is 0.0353. The molecule has 0 aliphatic carbocycles. The van der Waals surface area contributed by atoms with Crippen LogP contribution in [0, 0.1) is 0 Å². The lowest BCUT2D eigenvalue weighted by atomic mass is 9.99. The molecule has 1 heterocycles. The number of hydrogen-bond acceptors (Lipinski definition) is 2. The van der Waals surface area contributed by atoms with Gasteiger partial charge in [-0.15, -0.1) is 0 Å². The van der Waals surface area contributed by atoms with E-state index in [0.717, 1.165) is 6.07 Å². The van der Waals surface area contributed by atoms with E-state index in [1.54, 1.807) is 0 Å². The van der Waals surface area contributed by atoms with E-state index in [-0.39, 0.29) is 11.1 Å². The third-order valence-electron chi connectivity index (χ3n) is 3.62. The Kier molecular flexibility index (Phi) is 4.88. The SMILES string of the molecule is NC(N)=[NH+]C(=O)CC1c2cc(C(F)(F)F)ccc2C(=O)N1CC(F)(F)F. The Bertz CT molecular complexity index is 768. The Labute approximate surface area is 142 Å². The second-order valence-electron chi connectivity index (χ2n) is 5.57. The second-order valence-corrected chi connectivity index (χ2v) is 5.57. The highest BCUT2D eigenvalue weighted by atomic mass is 19.4. The van der Waals surface area contributed by atoms with Crippen LogP contribution in [0.2, 0.25) is 0 Å². The van der Waals surface area contributed by atoms with Gasteiger partial charge in [-0.05, 0) is 23.8 Å². The fourth-order valence-electron chi connectivity index (χ4n) is 2.66. The van der Waals surface area contributed by atoms with Gasteiger partial charge in [0.1, 0.15) is 6.54 Å². The third-order valence-corrected chi connectivity index (χ3v) is 3.62. The number of fused-ring (bicyclic) bond motifs is 1. The third kappa shape index (κ3) is 4.24. The second kappa shape index (κ2) is 6.50. The van der Waals surface area contributed by atoms with E-state index in [9.17, 15) is 35.9 Å². The molecule has 0 aromatic heterocycles. The van der Waals surface area contributed by atoms with Gasteiger partial charge >= 0.3 is 18.3 Å². The van der Waals surface area contributed by atoms with Gasteiger partial charge < -0.3 is 4.90 Å². The maximum atomic E-state index is 12.9. The maximum absolute atomic E-state index is 12.9. The molecule has 5 N–H and O–H groups in total. The van der Waals surface area contributed by atoms with Crippen LogP contribution in [-0.2, 0) is 11.0 Å². The van der Waals surface area contributed by atoms with Crippen LogP contribution in [0.1, 0.15) is 33.9 Å². The molecule has 0 saturated carbocycles. The average molecular weight is 383 g/mol. The number of nitrogens with two attached hydrogens (primary N) is 2. The van der Waals surface area contributed by atoms with Gasteiger partial charge in [0.05, 0.1) is 18.0 Å². The number of halogens is 6. The van der Waals surface area contributed by atoms with Crippen LogP contribution in [0.3, 0.4) is 0 Å². The molecule has 0 saturated heterocycles. The molecule has 1 aromatic rings. The molecule has 6 nitrogen and oxygen atoms in total. The Morgan fingerprint density at radius 1 is 1.15 bits per heavy atom. The molecule has 1 aliphatic rings. The van der Waals surface area contributed by atoms with Crippen molar-refractivity contribution >= 4 is 17.8 Å². The first kappa shape index (κ1) is 19.5. The van der Waals surface area contributed by atoms with Crippen LogP contribution >= 0.6 is 0 Å². The topological polar surface area (TPSA) is 103 Å². The van der Waals surface area contributed by atoms with E-state index < -0.39 is 54.7 Å². The minimum absolute atomic E-state index is 0.303. The van der Waals surface area contributed by atoms with Crippen molar-refractivity contribution in [3.8, 4) is 0 Å². The number of nitrogens with one attached hydrogen (secondary N) is 1. The minimum atomic E-state index is -4.81. The summed E-state index contributed by atoms with van der Waals surface area (Å²) in [5, 5.41) is 0. The number of carbonyl (C=O) groups is 2. The summed E-state index contributed by atoms with van der Waals surface area (Å²) in [6.45, 7) is -1.72.